The van der Waals surface area contributed by atoms with Crippen LogP contribution in [0.3, 0.4) is 0 Å². The third kappa shape index (κ3) is 5.42. The number of nitrogens with zero attached hydrogens (tertiary/aromatic N) is 2. The first-order valence-electron chi connectivity index (χ1n) is 6.93. The van der Waals surface area contributed by atoms with Gasteiger partial charge >= 0.3 is 0 Å². The average molecular weight is 281 g/mol. The van der Waals surface area contributed by atoms with Gasteiger partial charge in [-0.15, -0.1) is 0 Å². The summed E-state index contributed by atoms with van der Waals surface area (Å²) >= 11 is 0. The number of hydrogen-bond acceptors (Lipinski definition) is 4. The molecule has 0 aromatic carbocycles. The van der Waals surface area contributed by atoms with Crippen molar-refractivity contribution in [2.75, 3.05) is 18.4 Å². The van der Waals surface area contributed by atoms with Gasteiger partial charge in [0.2, 0.25) is 11.8 Å². The Hall–Kier alpha value is -1.85. The lowest BCUT2D eigenvalue weighted by atomic mass is 10.2. The number of carbonyl (C=O) groups excluding carboxylic acids is 2. The van der Waals surface area contributed by atoms with Gasteiger partial charge in [0.05, 0.1) is 6.54 Å². The van der Waals surface area contributed by atoms with Crippen molar-refractivity contribution in [1.29, 1.82) is 0 Å². The molecule has 0 aliphatic carbocycles. The van der Waals surface area contributed by atoms with Gasteiger partial charge in [0.25, 0.3) is 0 Å². The number of anilines is 1. The van der Waals surface area contributed by atoms with Crippen molar-refractivity contribution >= 4 is 17.6 Å². The van der Waals surface area contributed by atoms with Gasteiger partial charge in [0, 0.05) is 19.0 Å². The minimum atomic E-state index is -0.261. The van der Waals surface area contributed by atoms with Crippen LogP contribution in [-0.4, -0.2) is 35.0 Å². The van der Waals surface area contributed by atoms with Crippen molar-refractivity contribution in [3.05, 3.63) is 11.8 Å². The molecule has 0 radical (unpaired) electrons. The van der Waals surface area contributed by atoms with Crippen LogP contribution in [0.25, 0.3) is 0 Å². The summed E-state index contributed by atoms with van der Waals surface area (Å²) in [5.74, 6) is 1.07. The Morgan fingerprint density at radius 2 is 2.15 bits per heavy atom. The summed E-state index contributed by atoms with van der Waals surface area (Å²) in [6.07, 6.45) is 1.24. The highest BCUT2D eigenvalue weighted by atomic mass is 16.5. The Bertz CT molecular complexity index is 454. The van der Waals surface area contributed by atoms with Crippen molar-refractivity contribution in [2.24, 2.45) is 5.92 Å². The highest BCUT2D eigenvalue weighted by molar-refractivity contribution is 5.93. The average Bonchev–Trinajstić information content (AvgIpc) is 2.73. The molecule has 6 nitrogen and oxygen atoms in total. The van der Waals surface area contributed by atoms with Crippen molar-refractivity contribution in [2.45, 2.75) is 40.5 Å². The first-order valence-corrected chi connectivity index (χ1v) is 6.93. The van der Waals surface area contributed by atoms with E-state index in [1.807, 2.05) is 20.8 Å². The van der Waals surface area contributed by atoms with E-state index in [0.29, 0.717) is 30.5 Å². The maximum Gasteiger partial charge on any atom is 0.245 e. The second kappa shape index (κ2) is 7.67. The lowest BCUT2D eigenvalue weighted by Crippen LogP contribution is -2.40. The third-order valence-corrected chi connectivity index (χ3v) is 2.63. The predicted molar refractivity (Wildman–Crippen MR) is 76.2 cm³/mol. The van der Waals surface area contributed by atoms with Crippen LogP contribution >= 0.6 is 0 Å². The predicted octanol–water partition coefficient (Wildman–Crippen LogP) is 2.21. The van der Waals surface area contributed by atoms with Crippen molar-refractivity contribution < 1.29 is 14.1 Å². The smallest absolute Gasteiger partial charge is 0.245 e. The Kier molecular flexibility index (Phi) is 6.21. The molecule has 0 aliphatic heterocycles. The lowest BCUT2D eigenvalue weighted by Gasteiger charge is -2.23. The van der Waals surface area contributed by atoms with Crippen molar-refractivity contribution in [3.8, 4) is 0 Å². The van der Waals surface area contributed by atoms with Crippen LogP contribution in [0.5, 0.6) is 0 Å². The third-order valence-electron chi connectivity index (χ3n) is 2.63. The van der Waals surface area contributed by atoms with E-state index in [4.69, 9.17) is 4.52 Å². The van der Waals surface area contributed by atoms with E-state index in [0.717, 1.165) is 6.42 Å². The number of rotatable bonds is 7. The molecule has 1 aromatic rings. The normalized spacial score (nSPS) is 10.7. The van der Waals surface area contributed by atoms with E-state index >= 15 is 0 Å². The summed E-state index contributed by atoms with van der Waals surface area (Å²) in [5.41, 5.74) is 0. The van der Waals surface area contributed by atoms with E-state index in [-0.39, 0.29) is 18.4 Å². The Morgan fingerprint density at radius 1 is 1.45 bits per heavy atom. The van der Waals surface area contributed by atoms with Gasteiger partial charge in [-0.05, 0) is 19.3 Å². The molecule has 112 valence electrons. The van der Waals surface area contributed by atoms with Gasteiger partial charge in [0.1, 0.15) is 5.76 Å². The van der Waals surface area contributed by atoms with Crippen LogP contribution < -0.4 is 5.32 Å². The van der Waals surface area contributed by atoms with Crippen LogP contribution in [0, 0.1) is 12.8 Å². The highest BCUT2D eigenvalue weighted by Crippen LogP contribution is 2.08. The van der Waals surface area contributed by atoms with E-state index < -0.39 is 0 Å². The summed E-state index contributed by atoms with van der Waals surface area (Å²) in [5, 5.41) is 6.32. The molecule has 0 atom stereocenters. The minimum absolute atomic E-state index is 0.00711. The van der Waals surface area contributed by atoms with Crippen LogP contribution in [0.15, 0.2) is 10.6 Å². The molecule has 20 heavy (non-hydrogen) atoms. The van der Waals surface area contributed by atoms with Gasteiger partial charge in [-0.25, -0.2) is 0 Å². The maximum absolute atomic E-state index is 12.0. The SMILES string of the molecule is CCCC(=O)N(CC(=O)Nc1cc(C)on1)CC(C)C. The van der Waals surface area contributed by atoms with Crippen LogP contribution in [0.4, 0.5) is 5.82 Å². The number of carbonyl (C=O) groups is 2. The second-order valence-corrected chi connectivity index (χ2v) is 5.29. The molecule has 1 rings (SSSR count). The summed E-state index contributed by atoms with van der Waals surface area (Å²) in [7, 11) is 0. The molecule has 2 amide bonds. The lowest BCUT2D eigenvalue weighted by molar-refractivity contribution is -0.135. The van der Waals surface area contributed by atoms with E-state index in [2.05, 4.69) is 10.5 Å². The number of aryl methyl sites for hydroxylation is 1. The Morgan fingerprint density at radius 3 is 2.65 bits per heavy atom. The number of amides is 2. The molecule has 0 saturated carbocycles. The molecular weight excluding hydrogens is 258 g/mol. The summed E-state index contributed by atoms with van der Waals surface area (Å²) in [6, 6.07) is 1.64. The maximum atomic E-state index is 12.0. The van der Waals surface area contributed by atoms with Gasteiger partial charge in [-0.1, -0.05) is 25.9 Å². The number of hydrogen-bond donors (Lipinski definition) is 1. The second-order valence-electron chi connectivity index (χ2n) is 5.29. The fourth-order valence-corrected chi connectivity index (χ4v) is 1.85. The molecule has 0 unspecified atom stereocenters. The van der Waals surface area contributed by atoms with Crippen LogP contribution in [0.2, 0.25) is 0 Å². The molecule has 0 saturated heterocycles. The Labute approximate surface area is 119 Å². The monoisotopic (exact) mass is 281 g/mol. The molecular formula is C14H23N3O3. The van der Waals surface area contributed by atoms with Gasteiger partial charge in [0.15, 0.2) is 5.82 Å². The quantitative estimate of drug-likeness (QED) is 0.831. The largest absolute Gasteiger partial charge is 0.360 e. The van der Waals surface area contributed by atoms with E-state index in [9.17, 15) is 9.59 Å². The zero-order valence-corrected chi connectivity index (χ0v) is 12.6. The molecule has 1 N–H and O–H groups in total. The highest BCUT2D eigenvalue weighted by Gasteiger charge is 2.18. The van der Waals surface area contributed by atoms with Crippen LogP contribution in [-0.2, 0) is 9.59 Å². The molecule has 0 aliphatic rings. The standard InChI is InChI=1S/C14H23N3O3/c1-5-6-14(19)17(8-10(2)3)9-13(18)15-12-7-11(4)20-16-12/h7,10H,5-6,8-9H2,1-4H3,(H,15,16,18). The fraction of sp³-hybridized carbons (Fsp3) is 0.643. The first-order chi connectivity index (χ1) is 9.42. The Balaban J connectivity index is 2.59. The van der Waals surface area contributed by atoms with Gasteiger partial charge in [-0.3, -0.25) is 9.59 Å². The number of aromatic nitrogens is 1. The summed E-state index contributed by atoms with van der Waals surface area (Å²) in [4.78, 5) is 25.5. The van der Waals surface area contributed by atoms with Crippen LogP contribution in [0.1, 0.15) is 39.4 Å². The summed E-state index contributed by atoms with van der Waals surface area (Å²) in [6.45, 7) is 8.35. The zero-order chi connectivity index (χ0) is 15.1. The minimum Gasteiger partial charge on any atom is -0.360 e. The number of nitrogens with one attached hydrogen (secondary N) is 1. The van der Waals surface area contributed by atoms with E-state index in [1.54, 1.807) is 17.9 Å². The topological polar surface area (TPSA) is 75.4 Å². The molecule has 0 bridgehead atoms. The molecule has 1 aromatic heterocycles. The first kappa shape index (κ1) is 16.2. The van der Waals surface area contributed by atoms with E-state index in [1.165, 1.54) is 0 Å². The molecule has 0 fully saturated rings. The molecule has 6 heteroatoms. The zero-order valence-electron chi connectivity index (χ0n) is 12.6. The van der Waals surface area contributed by atoms with Gasteiger partial charge < -0.3 is 14.7 Å². The van der Waals surface area contributed by atoms with Crippen molar-refractivity contribution in [1.82, 2.24) is 10.1 Å². The van der Waals surface area contributed by atoms with Gasteiger partial charge in [-0.2, -0.15) is 0 Å². The molecule has 0 spiro atoms. The fourth-order valence-electron chi connectivity index (χ4n) is 1.85. The summed E-state index contributed by atoms with van der Waals surface area (Å²) < 4.78 is 4.88. The van der Waals surface area contributed by atoms with Crippen molar-refractivity contribution in [3.63, 3.8) is 0 Å². The molecule has 1 heterocycles.